The van der Waals surface area contributed by atoms with Gasteiger partial charge in [0, 0.05) is 19.2 Å². The second kappa shape index (κ2) is 10.6. The van der Waals surface area contributed by atoms with Crippen molar-refractivity contribution in [1.82, 2.24) is 9.21 Å². The highest BCUT2D eigenvalue weighted by molar-refractivity contribution is 7.89. The summed E-state index contributed by atoms with van der Waals surface area (Å²) in [6, 6.07) is 22.9. The maximum absolute atomic E-state index is 13.3. The van der Waals surface area contributed by atoms with Crippen molar-refractivity contribution in [3.8, 4) is 0 Å². The molecule has 0 spiro atoms. The standard InChI is InChI=1S/C26H30N4O4S/c1-28-17-15-22(16-18-28)29(2)35(33,34)23-13-14-24(25(19-23)30(31)32)27-26(20-9-5-3-6-10-20)21-11-7-4-8-12-21/h3-14,19,22,26-27H,15-18H2,1-2H3. The molecule has 0 aliphatic carbocycles. The van der Waals surface area contributed by atoms with Crippen molar-refractivity contribution in [3.63, 3.8) is 0 Å². The smallest absolute Gasteiger partial charge is 0.293 e. The lowest BCUT2D eigenvalue weighted by molar-refractivity contribution is -0.384. The number of rotatable bonds is 8. The molecule has 3 aromatic rings. The molecule has 0 bridgehead atoms. The topological polar surface area (TPSA) is 95.8 Å². The molecule has 8 nitrogen and oxygen atoms in total. The Kier molecular flexibility index (Phi) is 7.49. The molecule has 1 heterocycles. The van der Waals surface area contributed by atoms with Crippen molar-refractivity contribution in [2.75, 3.05) is 32.5 Å². The molecule has 1 aliphatic heterocycles. The molecule has 1 aliphatic rings. The Balaban J connectivity index is 1.67. The fraction of sp³-hybridized carbons (Fsp3) is 0.308. The Morgan fingerprint density at radius 3 is 2.03 bits per heavy atom. The first-order valence-corrected chi connectivity index (χ1v) is 13.0. The number of hydrogen-bond acceptors (Lipinski definition) is 6. The van der Waals surface area contributed by atoms with Crippen molar-refractivity contribution in [2.24, 2.45) is 0 Å². The molecule has 1 saturated heterocycles. The van der Waals surface area contributed by atoms with Crippen LogP contribution in [0.4, 0.5) is 11.4 Å². The average Bonchev–Trinajstić information content (AvgIpc) is 2.88. The fourth-order valence-electron chi connectivity index (χ4n) is 4.47. The molecular formula is C26H30N4O4S. The third kappa shape index (κ3) is 5.53. The maximum atomic E-state index is 13.3. The maximum Gasteiger partial charge on any atom is 0.293 e. The lowest BCUT2D eigenvalue weighted by Gasteiger charge is -2.34. The molecule has 0 radical (unpaired) electrons. The van der Waals surface area contributed by atoms with Gasteiger partial charge in [-0.05, 0) is 56.2 Å². The van der Waals surface area contributed by atoms with Crippen molar-refractivity contribution < 1.29 is 13.3 Å². The van der Waals surface area contributed by atoms with Crippen molar-refractivity contribution in [3.05, 3.63) is 100 Å². The number of benzene rings is 3. The Morgan fingerprint density at radius 2 is 1.51 bits per heavy atom. The van der Waals surface area contributed by atoms with Gasteiger partial charge in [0.05, 0.1) is 15.9 Å². The van der Waals surface area contributed by atoms with Gasteiger partial charge in [-0.2, -0.15) is 4.31 Å². The van der Waals surface area contributed by atoms with E-state index in [1.54, 1.807) is 7.05 Å². The minimum Gasteiger partial charge on any atom is -0.369 e. The fourth-order valence-corrected chi connectivity index (χ4v) is 5.91. The first kappa shape index (κ1) is 24.8. The number of nitrogens with one attached hydrogen (secondary N) is 1. The van der Waals surface area contributed by atoms with E-state index in [0.29, 0.717) is 0 Å². The molecule has 0 saturated carbocycles. The van der Waals surface area contributed by atoms with Crippen molar-refractivity contribution in [1.29, 1.82) is 0 Å². The quantitative estimate of drug-likeness (QED) is 0.366. The minimum absolute atomic E-state index is 0.0767. The molecule has 3 aromatic carbocycles. The van der Waals surface area contributed by atoms with Gasteiger partial charge >= 0.3 is 0 Å². The SMILES string of the molecule is CN1CCC(N(C)S(=O)(=O)c2ccc(NC(c3ccccc3)c3ccccc3)c([N+](=O)[O-])c2)CC1. The van der Waals surface area contributed by atoms with Gasteiger partial charge in [-0.25, -0.2) is 8.42 Å². The number of sulfonamides is 1. The average molecular weight is 495 g/mol. The first-order valence-electron chi connectivity index (χ1n) is 11.6. The lowest BCUT2D eigenvalue weighted by atomic mass is 9.98. The number of hydrogen-bond donors (Lipinski definition) is 1. The van der Waals surface area contributed by atoms with Gasteiger partial charge in [0.1, 0.15) is 5.69 Å². The summed E-state index contributed by atoms with van der Waals surface area (Å²) in [4.78, 5) is 13.6. The van der Waals surface area contributed by atoms with Crippen molar-refractivity contribution in [2.45, 2.75) is 29.8 Å². The second-order valence-electron chi connectivity index (χ2n) is 8.89. The van der Waals surface area contributed by atoms with Gasteiger partial charge in [-0.1, -0.05) is 60.7 Å². The van der Waals surface area contributed by atoms with Crippen LogP contribution in [0.5, 0.6) is 0 Å². The number of likely N-dealkylation sites (tertiary alicyclic amines) is 1. The molecule has 0 unspecified atom stereocenters. The zero-order valence-corrected chi connectivity index (χ0v) is 20.7. The van der Waals surface area contributed by atoms with E-state index >= 15 is 0 Å². The van der Waals surface area contributed by atoms with E-state index in [2.05, 4.69) is 10.2 Å². The van der Waals surface area contributed by atoms with Crippen LogP contribution in [0.2, 0.25) is 0 Å². The van der Waals surface area contributed by atoms with Crippen LogP contribution >= 0.6 is 0 Å². The first-order chi connectivity index (χ1) is 16.8. The lowest BCUT2D eigenvalue weighted by Crippen LogP contribution is -2.44. The summed E-state index contributed by atoms with van der Waals surface area (Å²) in [7, 11) is -0.308. The highest BCUT2D eigenvalue weighted by Gasteiger charge is 2.32. The molecule has 0 aromatic heterocycles. The van der Waals surface area contributed by atoms with E-state index in [1.807, 2.05) is 67.7 Å². The monoisotopic (exact) mass is 494 g/mol. The van der Waals surface area contributed by atoms with Gasteiger partial charge < -0.3 is 10.2 Å². The molecule has 1 fully saturated rings. The second-order valence-corrected chi connectivity index (χ2v) is 10.9. The summed E-state index contributed by atoms with van der Waals surface area (Å²) >= 11 is 0. The van der Waals surface area contributed by atoms with E-state index < -0.39 is 14.9 Å². The summed E-state index contributed by atoms with van der Waals surface area (Å²) in [5.74, 6) is 0. The third-order valence-electron chi connectivity index (χ3n) is 6.61. The predicted molar refractivity (Wildman–Crippen MR) is 137 cm³/mol. The zero-order valence-electron chi connectivity index (χ0n) is 19.9. The third-order valence-corrected chi connectivity index (χ3v) is 8.52. The van der Waals surface area contributed by atoms with Gasteiger partial charge in [0.15, 0.2) is 0 Å². The number of nitrogens with zero attached hydrogens (tertiary/aromatic N) is 3. The van der Waals surface area contributed by atoms with Crippen LogP contribution < -0.4 is 5.32 Å². The Morgan fingerprint density at radius 1 is 0.971 bits per heavy atom. The van der Waals surface area contributed by atoms with Crippen molar-refractivity contribution >= 4 is 21.4 Å². The van der Waals surface area contributed by atoms with Crippen LogP contribution in [0.15, 0.2) is 83.8 Å². The number of nitro groups is 1. The van der Waals surface area contributed by atoms with Crippen LogP contribution in [0.1, 0.15) is 30.0 Å². The number of nitro benzene ring substituents is 1. The largest absolute Gasteiger partial charge is 0.369 e. The van der Waals surface area contributed by atoms with E-state index in [1.165, 1.54) is 16.4 Å². The molecular weight excluding hydrogens is 464 g/mol. The zero-order chi connectivity index (χ0) is 25.0. The highest BCUT2D eigenvalue weighted by Crippen LogP contribution is 2.34. The predicted octanol–water partition coefficient (Wildman–Crippen LogP) is 4.51. The summed E-state index contributed by atoms with van der Waals surface area (Å²) < 4.78 is 28.0. The number of anilines is 1. The number of piperidine rings is 1. The van der Waals surface area contributed by atoms with E-state index in [9.17, 15) is 18.5 Å². The Hall–Kier alpha value is -3.27. The van der Waals surface area contributed by atoms with E-state index in [0.717, 1.165) is 43.1 Å². The minimum atomic E-state index is -3.88. The van der Waals surface area contributed by atoms with Crippen LogP contribution in [0.3, 0.4) is 0 Å². The molecule has 0 atom stereocenters. The van der Waals surface area contributed by atoms with E-state index in [-0.39, 0.29) is 28.4 Å². The summed E-state index contributed by atoms with van der Waals surface area (Å²) in [5.41, 5.74) is 1.85. The van der Waals surface area contributed by atoms with Gasteiger partial charge in [0.25, 0.3) is 5.69 Å². The molecule has 4 rings (SSSR count). The molecule has 1 N–H and O–H groups in total. The Labute approximate surface area is 206 Å². The summed E-state index contributed by atoms with van der Waals surface area (Å²) in [6.07, 6.45) is 1.45. The Bertz CT molecular complexity index is 1220. The highest BCUT2D eigenvalue weighted by atomic mass is 32.2. The summed E-state index contributed by atoms with van der Waals surface area (Å²) in [6.45, 7) is 1.63. The summed E-state index contributed by atoms with van der Waals surface area (Å²) in [5, 5.41) is 15.3. The van der Waals surface area contributed by atoms with Gasteiger partial charge in [-0.3, -0.25) is 10.1 Å². The van der Waals surface area contributed by atoms with Crippen LogP contribution in [-0.2, 0) is 10.0 Å². The van der Waals surface area contributed by atoms with Gasteiger partial charge in [-0.15, -0.1) is 0 Å². The van der Waals surface area contributed by atoms with Crippen LogP contribution in [-0.4, -0.2) is 55.8 Å². The normalized spacial score (nSPS) is 15.4. The van der Waals surface area contributed by atoms with E-state index in [4.69, 9.17) is 0 Å². The molecule has 184 valence electrons. The van der Waals surface area contributed by atoms with Crippen LogP contribution in [0.25, 0.3) is 0 Å². The van der Waals surface area contributed by atoms with Gasteiger partial charge in [0.2, 0.25) is 10.0 Å². The molecule has 9 heteroatoms. The van der Waals surface area contributed by atoms with Crippen LogP contribution in [0, 0.1) is 10.1 Å². The molecule has 35 heavy (non-hydrogen) atoms. The molecule has 0 amide bonds.